The predicted molar refractivity (Wildman–Crippen MR) is 167 cm³/mol. The van der Waals surface area contributed by atoms with Crippen LogP contribution >= 0.6 is 0 Å². The second kappa shape index (κ2) is 12.5. The van der Waals surface area contributed by atoms with E-state index in [0.29, 0.717) is 29.7 Å². The number of rotatable bonds is 10. The van der Waals surface area contributed by atoms with E-state index in [4.69, 9.17) is 13.9 Å². The summed E-state index contributed by atoms with van der Waals surface area (Å²) in [4.78, 5) is 15.9. The van der Waals surface area contributed by atoms with E-state index in [1.807, 2.05) is 31.2 Å². The Labute approximate surface area is 241 Å². The lowest BCUT2D eigenvalue weighted by Crippen LogP contribution is -2.51. The van der Waals surface area contributed by atoms with Gasteiger partial charge < -0.3 is 18.8 Å². The molecule has 0 N–H and O–H groups in total. The molecule has 0 unspecified atom stereocenters. The van der Waals surface area contributed by atoms with Gasteiger partial charge in [-0.25, -0.2) is 4.79 Å². The summed E-state index contributed by atoms with van der Waals surface area (Å²) in [5, 5.41) is 2.33. The van der Waals surface area contributed by atoms with Crippen LogP contribution in [0.3, 0.4) is 0 Å². The fraction of sp³-hybridized carbons (Fsp3) is 0.441. The molecule has 0 bridgehead atoms. The molecule has 0 saturated heterocycles. The number of ether oxygens (including phenoxy) is 2. The molecule has 1 aliphatic heterocycles. The molecule has 0 radical (unpaired) electrons. The van der Waals surface area contributed by atoms with E-state index in [2.05, 4.69) is 95.0 Å². The largest absolute Gasteiger partial charge is 0.546 e. The lowest BCUT2D eigenvalue weighted by atomic mass is 9.91. The summed E-state index contributed by atoms with van der Waals surface area (Å²) in [5.41, 5.74) is 3.34. The molecule has 0 saturated carbocycles. The molecule has 4 rings (SSSR count). The SMILES string of the molecule is CCOC(=O)[C@@H]1CC(O[Si](C(C)C)(C(C)C)C(C)C)=C[C@@H](c2cccc3ccccc23)N1c1ccc(OC)cc1. The van der Waals surface area contributed by atoms with Gasteiger partial charge in [0.15, 0.2) is 0 Å². The predicted octanol–water partition coefficient (Wildman–Crippen LogP) is 8.81. The number of carbonyl (C=O) groups excluding carboxylic acids is 1. The van der Waals surface area contributed by atoms with Crippen LogP contribution in [0.5, 0.6) is 5.75 Å². The van der Waals surface area contributed by atoms with Crippen molar-refractivity contribution in [2.45, 2.75) is 83.6 Å². The molecule has 1 heterocycles. The van der Waals surface area contributed by atoms with Crippen LogP contribution in [0.2, 0.25) is 16.6 Å². The van der Waals surface area contributed by atoms with Gasteiger partial charge in [0.25, 0.3) is 8.32 Å². The minimum Gasteiger partial charge on any atom is -0.546 e. The van der Waals surface area contributed by atoms with Crippen molar-refractivity contribution in [3.63, 3.8) is 0 Å². The average Bonchev–Trinajstić information content (AvgIpc) is 2.94. The number of esters is 1. The number of nitrogens with zero attached hydrogens (tertiary/aromatic N) is 1. The molecule has 1 aliphatic rings. The van der Waals surface area contributed by atoms with Crippen LogP contribution in [0.1, 0.15) is 66.5 Å². The first-order valence-corrected chi connectivity index (χ1v) is 16.7. The zero-order valence-electron chi connectivity index (χ0n) is 25.3. The molecule has 3 aromatic rings. The van der Waals surface area contributed by atoms with Crippen molar-refractivity contribution in [3.8, 4) is 5.75 Å². The second-order valence-electron chi connectivity index (χ2n) is 11.6. The number of methoxy groups -OCH3 is 1. The lowest BCUT2D eigenvalue weighted by molar-refractivity contribution is -0.145. The Balaban J connectivity index is 1.95. The number of benzene rings is 3. The van der Waals surface area contributed by atoms with Crippen molar-refractivity contribution in [1.29, 1.82) is 0 Å². The molecule has 5 nitrogen and oxygen atoms in total. The minimum atomic E-state index is -2.25. The van der Waals surface area contributed by atoms with Crippen molar-refractivity contribution in [2.24, 2.45) is 0 Å². The van der Waals surface area contributed by atoms with E-state index < -0.39 is 14.4 Å². The minimum absolute atomic E-state index is 0.226. The highest BCUT2D eigenvalue weighted by atomic mass is 28.4. The van der Waals surface area contributed by atoms with Gasteiger partial charge in [0.1, 0.15) is 11.8 Å². The first kappa shape index (κ1) is 29.7. The van der Waals surface area contributed by atoms with Gasteiger partial charge in [-0.3, -0.25) is 0 Å². The number of hydrogen-bond donors (Lipinski definition) is 0. The first-order chi connectivity index (χ1) is 19.1. The van der Waals surface area contributed by atoms with Crippen LogP contribution in [0.4, 0.5) is 5.69 Å². The molecule has 2 atom stereocenters. The fourth-order valence-electron chi connectivity index (χ4n) is 6.74. The summed E-state index contributed by atoms with van der Waals surface area (Å²) in [7, 11) is -0.588. The van der Waals surface area contributed by atoms with Gasteiger partial charge in [-0.2, -0.15) is 0 Å². The summed E-state index contributed by atoms with van der Waals surface area (Å²) >= 11 is 0. The smallest absolute Gasteiger partial charge is 0.329 e. The maximum Gasteiger partial charge on any atom is 0.329 e. The molecule has 3 aromatic carbocycles. The van der Waals surface area contributed by atoms with Gasteiger partial charge in [0, 0.05) is 12.1 Å². The Morgan fingerprint density at radius 2 is 1.52 bits per heavy atom. The summed E-state index contributed by atoms with van der Waals surface area (Å²) in [6.07, 6.45) is 2.73. The second-order valence-corrected chi connectivity index (χ2v) is 17.0. The standard InChI is InChI=1S/C34H45NO4Si/c1-9-38-34(36)33-22-29(39-40(23(2)3,24(4)5)25(6)7)21-32(35(33)27-17-19-28(37-8)20-18-27)31-16-12-14-26-13-10-11-15-30(26)31/h10-21,23-25,32-33H,9,22H2,1-8H3/t32-,33-/m0/s1. The van der Waals surface area contributed by atoms with E-state index in [1.165, 1.54) is 5.39 Å². The van der Waals surface area contributed by atoms with Gasteiger partial charge in [-0.15, -0.1) is 0 Å². The molecule has 40 heavy (non-hydrogen) atoms. The first-order valence-electron chi connectivity index (χ1n) is 14.6. The van der Waals surface area contributed by atoms with Crippen LogP contribution in [0.15, 0.2) is 78.6 Å². The molecule has 6 heteroatoms. The van der Waals surface area contributed by atoms with Crippen LogP contribution in [0, 0.1) is 0 Å². The maximum absolute atomic E-state index is 13.7. The molecule has 0 amide bonds. The van der Waals surface area contributed by atoms with Crippen molar-refractivity contribution in [1.82, 2.24) is 0 Å². The number of fused-ring (bicyclic) bond motifs is 1. The maximum atomic E-state index is 13.7. The van der Waals surface area contributed by atoms with Crippen LogP contribution in [-0.2, 0) is 14.0 Å². The lowest BCUT2D eigenvalue weighted by Gasteiger charge is -2.47. The highest BCUT2D eigenvalue weighted by Crippen LogP contribution is 2.47. The van der Waals surface area contributed by atoms with Gasteiger partial charge in [-0.1, -0.05) is 84.0 Å². The van der Waals surface area contributed by atoms with E-state index in [0.717, 1.165) is 28.1 Å². The highest BCUT2D eigenvalue weighted by molar-refractivity contribution is 6.77. The summed E-state index contributed by atoms with van der Waals surface area (Å²) in [6.45, 7) is 16.0. The summed E-state index contributed by atoms with van der Waals surface area (Å²) in [6, 6.07) is 22.0. The number of anilines is 1. The van der Waals surface area contributed by atoms with E-state index in [-0.39, 0.29) is 12.0 Å². The topological polar surface area (TPSA) is 48.0 Å². The Morgan fingerprint density at radius 1 is 0.900 bits per heavy atom. The normalized spacial score (nSPS) is 17.9. The Kier molecular flexibility index (Phi) is 9.29. The Morgan fingerprint density at radius 3 is 2.12 bits per heavy atom. The molecular weight excluding hydrogens is 514 g/mol. The molecular formula is C34H45NO4Si. The Bertz CT molecular complexity index is 1300. The average molecular weight is 560 g/mol. The zero-order valence-corrected chi connectivity index (χ0v) is 26.3. The van der Waals surface area contributed by atoms with Gasteiger partial charge in [-0.05, 0) is 70.2 Å². The third-order valence-corrected chi connectivity index (χ3v) is 14.5. The quantitative estimate of drug-likeness (QED) is 0.183. The zero-order chi connectivity index (χ0) is 29.0. The highest BCUT2D eigenvalue weighted by Gasteiger charge is 2.49. The van der Waals surface area contributed by atoms with Crippen LogP contribution in [-0.4, -0.2) is 34.0 Å². The molecule has 0 aromatic heterocycles. The third-order valence-electron chi connectivity index (χ3n) is 8.46. The van der Waals surface area contributed by atoms with Gasteiger partial charge >= 0.3 is 5.97 Å². The summed E-state index contributed by atoms with van der Waals surface area (Å²) < 4.78 is 18.4. The molecule has 0 spiro atoms. The monoisotopic (exact) mass is 559 g/mol. The molecule has 214 valence electrons. The fourth-order valence-corrected chi connectivity index (χ4v) is 12.1. The van der Waals surface area contributed by atoms with Gasteiger partial charge in [0.05, 0.1) is 25.5 Å². The molecule has 0 aliphatic carbocycles. The molecule has 0 fully saturated rings. The third kappa shape index (κ3) is 5.64. The van der Waals surface area contributed by atoms with Crippen LogP contribution < -0.4 is 9.64 Å². The van der Waals surface area contributed by atoms with E-state index >= 15 is 0 Å². The summed E-state index contributed by atoms with van der Waals surface area (Å²) in [5.74, 6) is 1.45. The van der Waals surface area contributed by atoms with E-state index in [1.54, 1.807) is 7.11 Å². The van der Waals surface area contributed by atoms with E-state index in [9.17, 15) is 4.79 Å². The van der Waals surface area contributed by atoms with Crippen molar-refractivity contribution in [3.05, 3.63) is 84.1 Å². The van der Waals surface area contributed by atoms with Gasteiger partial charge in [0.2, 0.25) is 0 Å². The van der Waals surface area contributed by atoms with Crippen LogP contribution in [0.25, 0.3) is 10.8 Å². The number of carbonyl (C=O) groups is 1. The Hall–Kier alpha value is -3.25. The van der Waals surface area contributed by atoms with Crippen molar-refractivity contribution >= 4 is 30.7 Å². The number of hydrogen-bond acceptors (Lipinski definition) is 5. The van der Waals surface area contributed by atoms with Crippen molar-refractivity contribution < 1.29 is 18.7 Å². The van der Waals surface area contributed by atoms with Crippen molar-refractivity contribution in [2.75, 3.05) is 18.6 Å².